The van der Waals surface area contributed by atoms with Gasteiger partial charge in [-0.15, -0.1) is 0 Å². The average molecular weight is 403 g/mol. The van der Waals surface area contributed by atoms with Crippen molar-refractivity contribution in [3.8, 4) is 0 Å². The maximum Gasteiger partial charge on any atom is 0.410 e. The highest BCUT2D eigenvalue weighted by Gasteiger charge is 2.29. The SMILES string of the molecule is Cc1noc(C(C)NC(=O)c2cccn2C2CCN(C(=O)OC(C)(C)C)CC2)n1. The number of amides is 2. The van der Waals surface area contributed by atoms with Crippen molar-refractivity contribution >= 4 is 12.0 Å². The molecule has 9 nitrogen and oxygen atoms in total. The van der Waals surface area contributed by atoms with Gasteiger partial charge < -0.3 is 24.0 Å². The van der Waals surface area contributed by atoms with Gasteiger partial charge in [0.1, 0.15) is 17.3 Å². The lowest BCUT2D eigenvalue weighted by Crippen LogP contribution is -2.42. The third kappa shape index (κ3) is 5.16. The number of likely N-dealkylation sites (tertiary alicyclic amines) is 1. The van der Waals surface area contributed by atoms with Gasteiger partial charge in [0.05, 0.1) is 0 Å². The predicted molar refractivity (Wildman–Crippen MR) is 105 cm³/mol. The first-order valence-electron chi connectivity index (χ1n) is 9.90. The van der Waals surface area contributed by atoms with E-state index in [0.29, 0.717) is 30.5 Å². The van der Waals surface area contributed by atoms with Gasteiger partial charge >= 0.3 is 6.09 Å². The molecule has 0 spiro atoms. The van der Waals surface area contributed by atoms with E-state index in [2.05, 4.69) is 15.5 Å². The highest BCUT2D eigenvalue weighted by atomic mass is 16.6. The molecule has 29 heavy (non-hydrogen) atoms. The number of ether oxygens (including phenoxy) is 1. The Bertz CT molecular complexity index is 858. The molecule has 1 fully saturated rings. The Balaban J connectivity index is 1.60. The predicted octanol–water partition coefficient (Wildman–Crippen LogP) is 3.24. The van der Waals surface area contributed by atoms with Gasteiger partial charge in [0.15, 0.2) is 5.82 Å². The van der Waals surface area contributed by atoms with Gasteiger partial charge in [-0.25, -0.2) is 4.79 Å². The summed E-state index contributed by atoms with van der Waals surface area (Å²) in [6.45, 7) is 10.3. The molecule has 2 aromatic heterocycles. The first kappa shape index (κ1) is 20.9. The molecule has 3 rings (SSSR count). The van der Waals surface area contributed by atoms with Crippen LogP contribution in [0.5, 0.6) is 0 Å². The van der Waals surface area contributed by atoms with E-state index in [9.17, 15) is 9.59 Å². The van der Waals surface area contributed by atoms with Gasteiger partial charge in [-0.3, -0.25) is 4.79 Å². The lowest BCUT2D eigenvalue weighted by Gasteiger charge is -2.34. The number of nitrogens with zero attached hydrogens (tertiary/aromatic N) is 4. The van der Waals surface area contributed by atoms with Crippen LogP contribution >= 0.6 is 0 Å². The summed E-state index contributed by atoms with van der Waals surface area (Å²) in [6, 6.07) is 3.41. The summed E-state index contributed by atoms with van der Waals surface area (Å²) in [5.74, 6) is 0.703. The van der Waals surface area contributed by atoms with Gasteiger partial charge in [-0.2, -0.15) is 4.98 Å². The van der Waals surface area contributed by atoms with E-state index in [1.165, 1.54) is 0 Å². The summed E-state index contributed by atoms with van der Waals surface area (Å²) in [4.78, 5) is 30.9. The second kappa shape index (κ2) is 8.26. The van der Waals surface area contributed by atoms with Crippen LogP contribution in [0.1, 0.15) is 74.8 Å². The van der Waals surface area contributed by atoms with Gasteiger partial charge in [-0.05, 0) is 59.6 Å². The smallest absolute Gasteiger partial charge is 0.410 e. The minimum Gasteiger partial charge on any atom is -0.444 e. The van der Waals surface area contributed by atoms with Crippen molar-refractivity contribution in [3.05, 3.63) is 35.7 Å². The third-order valence-electron chi connectivity index (χ3n) is 4.78. The minimum absolute atomic E-state index is 0.144. The van der Waals surface area contributed by atoms with E-state index in [1.54, 1.807) is 24.8 Å². The van der Waals surface area contributed by atoms with Crippen LogP contribution in [-0.4, -0.2) is 50.3 Å². The van der Waals surface area contributed by atoms with Crippen LogP contribution in [0.3, 0.4) is 0 Å². The molecular weight excluding hydrogens is 374 g/mol. The van der Waals surface area contributed by atoms with E-state index < -0.39 is 5.60 Å². The molecule has 0 saturated carbocycles. The quantitative estimate of drug-likeness (QED) is 0.841. The van der Waals surface area contributed by atoms with Crippen molar-refractivity contribution in [1.29, 1.82) is 0 Å². The number of rotatable bonds is 4. The van der Waals surface area contributed by atoms with Crippen LogP contribution in [0, 0.1) is 6.92 Å². The van der Waals surface area contributed by atoms with Gasteiger partial charge in [-0.1, -0.05) is 5.16 Å². The van der Waals surface area contributed by atoms with Crippen molar-refractivity contribution in [2.45, 2.75) is 65.1 Å². The second-order valence-corrected chi connectivity index (χ2v) is 8.37. The Morgan fingerprint density at radius 3 is 2.59 bits per heavy atom. The minimum atomic E-state index is -0.507. The van der Waals surface area contributed by atoms with Crippen molar-refractivity contribution in [1.82, 2.24) is 24.9 Å². The van der Waals surface area contributed by atoms with Crippen LogP contribution in [0.15, 0.2) is 22.9 Å². The number of carbonyl (C=O) groups excluding carboxylic acids is 2. The Morgan fingerprint density at radius 1 is 1.31 bits per heavy atom. The van der Waals surface area contributed by atoms with Crippen LogP contribution < -0.4 is 5.32 Å². The van der Waals surface area contributed by atoms with Gasteiger partial charge in [0.2, 0.25) is 5.89 Å². The van der Waals surface area contributed by atoms with Crippen LogP contribution in [0.25, 0.3) is 0 Å². The third-order valence-corrected chi connectivity index (χ3v) is 4.78. The zero-order chi connectivity index (χ0) is 21.2. The van der Waals surface area contributed by atoms with Crippen LogP contribution in [-0.2, 0) is 4.74 Å². The van der Waals surface area contributed by atoms with E-state index in [-0.39, 0.29) is 24.1 Å². The molecular formula is C20H29N5O4. The normalized spacial score (nSPS) is 16.5. The lowest BCUT2D eigenvalue weighted by atomic mass is 10.0. The standard InChI is InChI=1S/C20H29N5O4/c1-13(18-22-14(2)23-29-18)21-17(26)16-7-6-10-25(16)15-8-11-24(12-9-15)19(27)28-20(3,4)5/h6-7,10,13,15H,8-9,11-12H2,1-5H3,(H,21,26). The Morgan fingerprint density at radius 2 is 2.00 bits per heavy atom. The first-order valence-corrected chi connectivity index (χ1v) is 9.90. The molecule has 0 aromatic carbocycles. The summed E-state index contributed by atoms with van der Waals surface area (Å²) in [6.07, 6.45) is 3.13. The number of hydrogen-bond acceptors (Lipinski definition) is 6. The Kier molecular flexibility index (Phi) is 5.95. The van der Waals surface area contributed by atoms with Crippen LogP contribution in [0.4, 0.5) is 4.79 Å². The van der Waals surface area contributed by atoms with Crippen LogP contribution in [0.2, 0.25) is 0 Å². The largest absolute Gasteiger partial charge is 0.444 e. The number of hydrogen-bond donors (Lipinski definition) is 1. The maximum atomic E-state index is 12.8. The monoisotopic (exact) mass is 403 g/mol. The molecule has 1 atom stereocenters. The molecule has 1 unspecified atom stereocenters. The summed E-state index contributed by atoms with van der Waals surface area (Å²) >= 11 is 0. The fraction of sp³-hybridized carbons (Fsp3) is 0.600. The number of carbonyl (C=O) groups is 2. The Hall–Kier alpha value is -2.84. The number of nitrogens with one attached hydrogen (secondary N) is 1. The molecule has 1 saturated heterocycles. The molecule has 2 aromatic rings. The van der Waals surface area contributed by atoms with E-state index >= 15 is 0 Å². The molecule has 0 bridgehead atoms. The van der Waals surface area contributed by atoms with Gasteiger partial charge in [0.25, 0.3) is 5.91 Å². The average Bonchev–Trinajstić information content (AvgIpc) is 3.29. The topological polar surface area (TPSA) is 102 Å². The second-order valence-electron chi connectivity index (χ2n) is 8.37. The molecule has 1 N–H and O–H groups in total. The summed E-state index contributed by atoms with van der Waals surface area (Å²) < 4.78 is 12.6. The Labute approximate surface area is 170 Å². The molecule has 9 heteroatoms. The summed E-state index contributed by atoms with van der Waals surface area (Å²) in [5, 5.41) is 6.66. The highest BCUT2D eigenvalue weighted by molar-refractivity contribution is 5.93. The van der Waals surface area contributed by atoms with E-state index in [0.717, 1.165) is 12.8 Å². The zero-order valence-corrected chi connectivity index (χ0v) is 17.6. The number of aromatic nitrogens is 3. The zero-order valence-electron chi connectivity index (χ0n) is 17.6. The van der Waals surface area contributed by atoms with Crippen molar-refractivity contribution in [2.75, 3.05) is 13.1 Å². The number of aryl methyl sites for hydroxylation is 1. The summed E-state index contributed by atoms with van der Waals surface area (Å²) in [7, 11) is 0. The lowest BCUT2D eigenvalue weighted by molar-refractivity contribution is 0.0187. The molecule has 0 radical (unpaired) electrons. The molecule has 1 aliphatic rings. The van der Waals surface area contributed by atoms with Crippen molar-refractivity contribution in [3.63, 3.8) is 0 Å². The fourth-order valence-electron chi connectivity index (χ4n) is 3.38. The summed E-state index contributed by atoms with van der Waals surface area (Å²) in [5.41, 5.74) is 0.0662. The molecule has 2 amide bonds. The maximum absolute atomic E-state index is 12.8. The fourth-order valence-corrected chi connectivity index (χ4v) is 3.38. The van der Waals surface area contributed by atoms with Crippen molar-refractivity contribution in [2.24, 2.45) is 0 Å². The molecule has 3 heterocycles. The van der Waals surface area contributed by atoms with Crippen molar-refractivity contribution < 1.29 is 18.8 Å². The van der Waals surface area contributed by atoms with E-state index in [1.807, 2.05) is 37.6 Å². The first-order chi connectivity index (χ1) is 13.6. The van der Waals surface area contributed by atoms with Gasteiger partial charge in [0, 0.05) is 25.3 Å². The number of piperidine rings is 1. The highest BCUT2D eigenvalue weighted by Crippen LogP contribution is 2.26. The molecule has 0 aliphatic carbocycles. The molecule has 158 valence electrons. The molecule has 1 aliphatic heterocycles. The van der Waals surface area contributed by atoms with E-state index in [4.69, 9.17) is 9.26 Å².